The normalized spacial score (nSPS) is 18.5. The van der Waals surface area contributed by atoms with Crippen molar-refractivity contribution in [3.8, 4) is 0 Å². The Morgan fingerprint density at radius 2 is 2.25 bits per heavy atom. The van der Waals surface area contributed by atoms with E-state index < -0.39 is 0 Å². The molecule has 0 unspecified atom stereocenters. The quantitative estimate of drug-likeness (QED) is 0.493. The lowest BCUT2D eigenvalue weighted by Gasteiger charge is -2.11. The first-order valence-corrected chi connectivity index (χ1v) is 3.08. The van der Waals surface area contributed by atoms with Crippen LogP contribution in [-0.4, -0.2) is 19.0 Å². The molecule has 0 bridgehead atoms. The van der Waals surface area contributed by atoms with Crippen molar-refractivity contribution in [1.29, 1.82) is 0 Å². The largest absolute Gasteiger partial charge is 0.381 e. The second-order valence-corrected chi connectivity index (χ2v) is 2.37. The van der Waals surface area contributed by atoms with Crippen molar-refractivity contribution < 1.29 is 0 Å². The highest BCUT2D eigenvalue weighted by Gasteiger charge is 2.04. The van der Waals surface area contributed by atoms with Crippen molar-refractivity contribution in [2.75, 3.05) is 14.1 Å². The zero-order valence-electron chi connectivity index (χ0n) is 5.57. The van der Waals surface area contributed by atoms with Gasteiger partial charge in [0.05, 0.1) is 0 Å². The highest BCUT2D eigenvalue weighted by Crippen LogP contribution is 2.17. The Morgan fingerprint density at radius 3 is 2.50 bits per heavy atom. The Labute approximate surface area is 51.0 Å². The van der Waals surface area contributed by atoms with Gasteiger partial charge in [-0.1, -0.05) is 0 Å². The summed E-state index contributed by atoms with van der Waals surface area (Å²) in [6, 6.07) is 0. The van der Waals surface area contributed by atoms with E-state index in [9.17, 15) is 0 Å². The summed E-state index contributed by atoms with van der Waals surface area (Å²) >= 11 is 0. The van der Waals surface area contributed by atoms with Gasteiger partial charge >= 0.3 is 0 Å². The van der Waals surface area contributed by atoms with Crippen molar-refractivity contribution in [3.05, 3.63) is 11.8 Å². The minimum absolute atomic E-state index is 1.16. The first-order valence-electron chi connectivity index (χ1n) is 3.08. The molecule has 0 N–H and O–H groups in total. The number of hydrogen-bond donors (Lipinski definition) is 0. The van der Waals surface area contributed by atoms with E-state index in [1.54, 1.807) is 0 Å². The molecule has 1 nitrogen and oxygen atoms in total. The van der Waals surface area contributed by atoms with E-state index in [2.05, 4.69) is 25.1 Å². The Kier molecular flexibility index (Phi) is 1.56. The summed E-state index contributed by atoms with van der Waals surface area (Å²) in [7, 11) is 4.15. The average Bonchev–Trinajstić information content (AvgIpc) is 2.12. The third kappa shape index (κ3) is 1.03. The fraction of sp³-hybridized carbons (Fsp3) is 0.714. The molecule has 1 rings (SSSR count). The minimum atomic E-state index is 1.16. The molecule has 0 amide bonds. The van der Waals surface area contributed by atoms with Gasteiger partial charge in [-0.3, -0.25) is 0 Å². The van der Waals surface area contributed by atoms with Crippen LogP contribution in [0.4, 0.5) is 0 Å². The van der Waals surface area contributed by atoms with Gasteiger partial charge < -0.3 is 4.90 Å². The lowest BCUT2D eigenvalue weighted by molar-refractivity contribution is 0.494. The smallest absolute Gasteiger partial charge is 0.0163 e. The SMILES string of the molecule is CN(C)C1=[C]CCC1. The maximum Gasteiger partial charge on any atom is 0.0163 e. The molecular formula is C7H12N. The minimum Gasteiger partial charge on any atom is -0.381 e. The molecule has 0 aromatic heterocycles. The van der Waals surface area contributed by atoms with Gasteiger partial charge in [0.2, 0.25) is 0 Å². The number of rotatable bonds is 1. The van der Waals surface area contributed by atoms with Crippen LogP contribution in [0, 0.1) is 6.08 Å². The molecule has 0 saturated heterocycles. The van der Waals surface area contributed by atoms with Crippen LogP contribution in [0.5, 0.6) is 0 Å². The number of hydrogen-bond acceptors (Lipinski definition) is 1. The summed E-state index contributed by atoms with van der Waals surface area (Å²) in [6.07, 6.45) is 6.99. The summed E-state index contributed by atoms with van der Waals surface area (Å²) in [4.78, 5) is 2.15. The van der Waals surface area contributed by atoms with Gasteiger partial charge in [-0.25, -0.2) is 0 Å². The summed E-state index contributed by atoms with van der Waals surface area (Å²) in [5.74, 6) is 0. The summed E-state index contributed by atoms with van der Waals surface area (Å²) in [5, 5.41) is 0. The third-order valence-corrected chi connectivity index (χ3v) is 1.46. The van der Waals surface area contributed by atoms with Crippen molar-refractivity contribution in [1.82, 2.24) is 4.90 Å². The molecule has 45 valence electrons. The van der Waals surface area contributed by atoms with Gasteiger partial charge in [-0.15, -0.1) is 0 Å². The predicted octanol–water partition coefficient (Wildman–Crippen LogP) is 1.42. The molecule has 1 aliphatic rings. The molecule has 0 aliphatic heterocycles. The van der Waals surface area contributed by atoms with Gasteiger partial charge in [0.15, 0.2) is 0 Å². The van der Waals surface area contributed by atoms with Gasteiger partial charge in [0, 0.05) is 19.8 Å². The Hall–Kier alpha value is -0.460. The third-order valence-electron chi connectivity index (χ3n) is 1.46. The Balaban J connectivity index is 2.45. The van der Waals surface area contributed by atoms with Crippen LogP contribution in [0.2, 0.25) is 0 Å². The molecule has 0 heterocycles. The van der Waals surface area contributed by atoms with Crippen LogP contribution in [0.15, 0.2) is 5.70 Å². The van der Waals surface area contributed by atoms with Crippen molar-refractivity contribution in [3.63, 3.8) is 0 Å². The zero-order chi connectivity index (χ0) is 5.98. The van der Waals surface area contributed by atoms with Gasteiger partial charge in [-0.05, 0) is 25.3 Å². The van der Waals surface area contributed by atoms with Gasteiger partial charge in [0.1, 0.15) is 0 Å². The number of allylic oxidation sites excluding steroid dienone is 2. The molecule has 1 radical (unpaired) electrons. The molecule has 8 heavy (non-hydrogen) atoms. The first-order chi connectivity index (χ1) is 3.80. The first kappa shape index (κ1) is 5.67. The molecule has 0 aromatic carbocycles. The van der Waals surface area contributed by atoms with Crippen LogP contribution >= 0.6 is 0 Å². The van der Waals surface area contributed by atoms with E-state index in [0.29, 0.717) is 0 Å². The molecule has 1 heteroatoms. The fourth-order valence-electron chi connectivity index (χ4n) is 0.959. The van der Waals surface area contributed by atoms with E-state index >= 15 is 0 Å². The van der Waals surface area contributed by atoms with Gasteiger partial charge in [0.25, 0.3) is 0 Å². The maximum absolute atomic E-state index is 3.30. The summed E-state index contributed by atoms with van der Waals surface area (Å²) < 4.78 is 0. The second kappa shape index (κ2) is 2.21. The molecule has 0 saturated carbocycles. The van der Waals surface area contributed by atoms with Crippen LogP contribution in [-0.2, 0) is 0 Å². The molecule has 0 spiro atoms. The van der Waals surface area contributed by atoms with E-state index in [1.165, 1.54) is 18.5 Å². The highest BCUT2D eigenvalue weighted by molar-refractivity contribution is 4.99. The lowest BCUT2D eigenvalue weighted by atomic mass is 10.3. The monoisotopic (exact) mass is 110 g/mol. The van der Waals surface area contributed by atoms with E-state index in [4.69, 9.17) is 0 Å². The average molecular weight is 110 g/mol. The van der Waals surface area contributed by atoms with E-state index in [0.717, 1.165) is 6.42 Å². The summed E-state index contributed by atoms with van der Waals surface area (Å²) in [5.41, 5.74) is 1.38. The highest BCUT2D eigenvalue weighted by atomic mass is 15.1. The van der Waals surface area contributed by atoms with E-state index in [1.807, 2.05) is 0 Å². The van der Waals surface area contributed by atoms with Crippen LogP contribution in [0.3, 0.4) is 0 Å². The topological polar surface area (TPSA) is 3.24 Å². The van der Waals surface area contributed by atoms with Crippen LogP contribution < -0.4 is 0 Å². The van der Waals surface area contributed by atoms with Gasteiger partial charge in [-0.2, -0.15) is 0 Å². The molecule has 0 aromatic rings. The van der Waals surface area contributed by atoms with Crippen molar-refractivity contribution >= 4 is 0 Å². The number of nitrogens with zero attached hydrogens (tertiary/aromatic N) is 1. The second-order valence-electron chi connectivity index (χ2n) is 2.37. The summed E-state index contributed by atoms with van der Waals surface area (Å²) in [6.45, 7) is 0. The van der Waals surface area contributed by atoms with Crippen molar-refractivity contribution in [2.45, 2.75) is 19.3 Å². The van der Waals surface area contributed by atoms with E-state index in [-0.39, 0.29) is 0 Å². The Morgan fingerprint density at radius 1 is 1.50 bits per heavy atom. The lowest BCUT2D eigenvalue weighted by Crippen LogP contribution is -2.08. The molecule has 0 atom stereocenters. The molecular weight excluding hydrogens is 98.1 g/mol. The zero-order valence-corrected chi connectivity index (χ0v) is 5.57. The van der Waals surface area contributed by atoms with Crippen molar-refractivity contribution in [2.24, 2.45) is 0 Å². The standard InChI is InChI=1S/C7H12N/c1-8(2)7-5-3-4-6-7/h3-5H2,1-2H3. The predicted molar refractivity (Wildman–Crippen MR) is 34.3 cm³/mol. The maximum atomic E-state index is 3.30. The fourth-order valence-corrected chi connectivity index (χ4v) is 0.959. The molecule has 0 fully saturated rings. The Bertz CT molecular complexity index is 103. The molecule has 1 aliphatic carbocycles. The van der Waals surface area contributed by atoms with Crippen LogP contribution in [0.25, 0.3) is 0 Å². The van der Waals surface area contributed by atoms with Crippen LogP contribution in [0.1, 0.15) is 19.3 Å².